The number of piperidine rings is 1. The van der Waals surface area contributed by atoms with Crippen LogP contribution in [0.2, 0.25) is 5.02 Å². The van der Waals surface area contributed by atoms with Crippen molar-refractivity contribution in [2.24, 2.45) is 0 Å². The van der Waals surface area contributed by atoms with E-state index in [1.807, 2.05) is 43.9 Å². The highest BCUT2D eigenvalue weighted by Crippen LogP contribution is 2.45. The number of esters is 1. The van der Waals surface area contributed by atoms with Crippen LogP contribution in [0.4, 0.5) is 4.79 Å². The maximum Gasteiger partial charge on any atom is 0.410 e. The van der Waals surface area contributed by atoms with Crippen LogP contribution in [0, 0.1) is 0 Å². The fraction of sp³-hybridized carbons (Fsp3) is 0.560. The fourth-order valence-electron chi connectivity index (χ4n) is 5.01. The zero-order valence-electron chi connectivity index (χ0n) is 19.2. The molecule has 5 rings (SSSR count). The van der Waals surface area contributed by atoms with E-state index in [4.69, 9.17) is 25.6 Å². The van der Waals surface area contributed by atoms with Crippen LogP contribution in [-0.2, 0) is 9.47 Å². The SMILES string of the molecule is CC(C)(C)OC(=O)N1[C@@H]2CC[C@H]1C[C@@H](OC(=O)c1c(-c3ccccc3Cl)noc1C1CC1)C2. The second kappa shape index (κ2) is 8.35. The van der Waals surface area contributed by atoms with Gasteiger partial charge in [-0.1, -0.05) is 35.0 Å². The van der Waals surface area contributed by atoms with E-state index >= 15 is 0 Å². The van der Waals surface area contributed by atoms with Crippen molar-refractivity contribution in [2.45, 2.75) is 89.0 Å². The number of nitrogens with zero attached hydrogens (tertiary/aromatic N) is 2. The first-order valence-corrected chi connectivity index (χ1v) is 12.1. The van der Waals surface area contributed by atoms with E-state index in [-0.39, 0.29) is 30.2 Å². The maximum absolute atomic E-state index is 13.4. The van der Waals surface area contributed by atoms with Crippen LogP contribution in [-0.4, -0.2) is 45.9 Å². The summed E-state index contributed by atoms with van der Waals surface area (Å²) in [7, 11) is 0. The Morgan fingerprint density at radius 1 is 1.09 bits per heavy atom. The van der Waals surface area contributed by atoms with Gasteiger partial charge in [-0.15, -0.1) is 0 Å². The number of carbonyl (C=O) groups is 2. The van der Waals surface area contributed by atoms with Gasteiger partial charge in [0, 0.05) is 36.4 Å². The van der Waals surface area contributed by atoms with E-state index in [1.165, 1.54) is 0 Å². The van der Waals surface area contributed by atoms with Gasteiger partial charge in [0.15, 0.2) is 5.76 Å². The van der Waals surface area contributed by atoms with Gasteiger partial charge in [0.25, 0.3) is 0 Å². The summed E-state index contributed by atoms with van der Waals surface area (Å²) in [6, 6.07) is 7.32. The van der Waals surface area contributed by atoms with Gasteiger partial charge in [0.2, 0.25) is 0 Å². The Kier molecular flexibility index (Phi) is 5.63. The molecule has 0 radical (unpaired) electrons. The van der Waals surface area contributed by atoms with E-state index in [0.29, 0.717) is 40.4 Å². The number of hydrogen-bond donors (Lipinski definition) is 0. The fourth-order valence-corrected chi connectivity index (χ4v) is 5.23. The van der Waals surface area contributed by atoms with Crippen molar-refractivity contribution in [3.05, 3.63) is 40.6 Å². The first kappa shape index (κ1) is 22.3. The Labute approximate surface area is 198 Å². The third-order valence-corrected chi connectivity index (χ3v) is 6.90. The second-order valence-electron chi connectivity index (χ2n) is 10.3. The van der Waals surface area contributed by atoms with Gasteiger partial charge >= 0.3 is 12.1 Å². The van der Waals surface area contributed by atoms with Crippen LogP contribution >= 0.6 is 11.6 Å². The quantitative estimate of drug-likeness (QED) is 0.510. The van der Waals surface area contributed by atoms with Gasteiger partial charge in [0.05, 0.1) is 5.02 Å². The minimum Gasteiger partial charge on any atom is -0.458 e. The molecular weight excluding hydrogens is 444 g/mol. The molecule has 7 nitrogen and oxygen atoms in total. The third kappa shape index (κ3) is 4.47. The van der Waals surface area contributed by atoms with Crippen LogP contribution < -0.4 is 0 Å². The Bertz CT molecular complexity index is 1060. The molecular formula is C25H29ClN2O5. The summed E-state index contributed by atoms with van der Waals surface area (Å²) < 4.78 is 17.2. The van der Waals surface area contributed by atoms with Gasteiger partial charge in [-0.3, -0.25) is 0 Å². The van der Waals surface area contributed by atoms with Gasteiger partial charge in [-0.2, -0.15) is 0 Å². The number of halogens is 1. The first-order chi connectivity index (χ1) is 15.7. The molecule has 3 aliphatic rings. The molecule has 1 aromatic heterocycles. The molecule has 8 heteroatoms. The largest absolute Gasteiger partial charge is 0.458 e. The summed E-state index contributed by atoms with van der Waals surface area (Å²) >= 11 is 6.39. The Hall–Kier alpha value is -2.54. The Morgan fingerprint density at radius 3 is 2.36 bits per heavy atom. The number of ether oxygens (including phenoxy) is 2. The van der Waals surface area contributed by atoms with Crippen LogP contribution in [0.5, 0.6) is 0 Å². The molecule has 1 aromatic carbocycles. The Balaban J connectivity index is 1.34. The minimum atomic E-state index is -0.539. The van der Waals surface area contributed by atoms with Gasteiger partial charge in [-0.25, -0.2) is 9.59 Å². The van der Waals surface area contributed by atoms with Crippen LogP contribution in [0.3, 0.4) is 0 Å². The number of benzene rings is 1. The van der Waals surface area contributed by atoms with Gasteiger partial charge in [0.1, 0.15) is 23.0 Å². The smallest absolute Gasteiger partial charge is 0.410 e. The molecule has 3 heterocycles. The van der Waals surface area contributed by atoms with Crippen LogP contribution in [0.25, 0.3) is 11.3 Å². The lowest BCUT2D eigenvalue weighted by atomic mass is 9.99. The number of rotatable bonds is 4. The molecule has 2 aromatic rings. The number of amides is 1. The second-order valence-corrected chi connectivity index (χ2v) is 10.7. The first-order valence-electron chi connectivity index (χ1n) is 11.7. The number of carbonyl (C=O) groups excluding carboxylic acids is 2. The average Bonchev–Trinajstić information content (AvgIpc) is 3.42. The highest BCUT2D eigenvalue weighted by Gasteiger charge is 2.46. The monoisotopic (exact) mass is 472 g/mol. The molecule has 1 saturated carbocycles. The summed E-state index contributed by atoms with van der Waals surface area (Å²) in [5, 5.41) is 4.71. The van der Waals surface area contributed by atoms with Crippen molar-refractivity contribution in [1.29, 1.82) is 0 Å². The predicted octanol–water partition coefficient (Wildman–Crippen LogP) is 5.96. The third-order valence-electron chi connectivity index (χ3n) is 6.57. The summed E-state index contributed by atoms with van der Waals surface area (Å²) in [6.07, 6.45) is 4.38. The molecule has 2 saturated heterocycles. The predicted molar refractivity (Wildman–Crippen MR) is 122 cm³/mol. The topological polar surface area (TPSA) is 81.9 Å². The van der Waals surface area contributed by atoms with E-state index in [9.17, 15) is 9.59 Å². The highest BCUT2D eigenvalue weighted by molar-refractivity contribution is 6.33. The standard InChI is InChI=1S/C25H29ClN2O5/c1-25(2,3)32-24(30)28-15-10-11-16(28)13-17(12-15)31-23(29)20-21(18-6-4-5-7-19(18)26)27-33-22(20)14-8-9-14/h4-7,14-17H,8-13H2,1-3H3/t15-,16+,17+. The van der Waals surface area contributed by atoms with Gasteiger partial charge < -0.3 is 18.9 Å². The molecule has 3 atom stereocenters. The summed E-state index contributed by atoms with van der Waals surface area (Å²) in [5.41, 5.74) is 0.929. The molecule has 2 bridgehead atoms. The maximum atomic E-state index is 13.4. The molecule has 0 unspecified atom stereocenters. The van der Waals surface area contributed by atoms with E-state index in [1.54, 1.807) is 6.07 Å². The van der Waals surface area contributed by atoms with Crippen molar-refractivity contribution < 1.29 is 23.6 Å². The van der Waals surface area contributed by atoms with E-state index in [2.05, 4.69) is 5.16 Å². The molecule has 3 fully saturated rings. The zero-order valence-corrected chi connectivity index (χ0v) is 19.9. The Morgan fingerprint density at radius 2 is 1.76 bits per heavy atom. The van der Waals surface area contributed by atoms with Crippen molar-refractivity contribution in [3.8, 4) is 11.3 Å². The lowest BCUT2D eigenvalue weighted by Crippen LogP contribution is -2.50. The zero-order chi connectivity index (χ0) is 23.3. The summed E-state index contributed by atoms with van der Waals surface area (Å²) in [6.45, 7) is 5.61. The highest BCUT2D eigenvalue weighted by atomic mass is 35.5. The number of aromatic nitrogens is 1. The molecule has 176 valence electrons. The molecule has 0 spiro atoms. The lowest BCUT2D eigenvalue weighted by Gasteiger charge is -2.39. The van der Waals surface area contributed by atoms with Gasteiger partial charge in [-0.05, 0) is 52.5 Å². The molecule has 33 heavy (non-hydrogen) atoms. The molecule has 1 amide bonds. The lowest BCUT2D eigenvalue weighted by molar-refractivity contribution is -0.0226. The summed E-state index contributed by atoms with van der Waals surface area (Å²) in [5.74, 6) is 0.355. The average molecular weight is 473 g/mol. The van der Waals surface area contributed by atoms with Crippen molar-refractivity contribution in [3.63, 3.8) is 0 Å². The van der Waals surface area contributed by atoms with E-state index < -0.39 is 11.6 Å². The minimum absolute atomic E-state index is 0.0183. The number of fused-ring (bicyclic) bond motifs is 2. The van der Waals surface area contributed by atoms with Crippen molar-refractivity contribution in [2.75, 3.05) is 0 Å². The summed E-state index contributed by atoms with van der Waals surface area (Å²) in [4.78, 5) is 28.0. The van der Waals surface area contributed by atoms with Crippen molar-refractivity contribution >= 4 is 23.7 Å². The molecule has 0 N–H and O–H groups in total. The van der Waals surface area contributed by atoms with E-state index in [0.717, 1.165) is 25.7 Å². The number of hydrogen-bond acceptors (Lipinski definition) is 6. The van der Waals surface area contributed by atoms with Crippen LogP contribution in [0.15, 0.2) is 28.8 Å². The molecule has 1 aliphatic carbocycles. The van der Waals surface area contributed by atoms with Crippen LogP contribution in [0.1, 0.15) is 81.3 Å². The van der Waals surface area contributed by atoms with Crippen molar-refractivity contribution in [1.82, 2.24) is 10.1 Å². The molecule has 2 aliphatic heterocycles. The normalized spacial score (nSPS) is 24.6.